The van der Waals surface area contributed by atoms with Crippen LogP contribution in [-0.4, -0.2) is 42.4 Å². The van der Waals surface area contributed by atoms with Crippen LogP contribution < -0.4 is 10.6 Å². The largest absolute Gasteiger partial charge is 0.467 e. The van der Waals surface area contributed by atoms with Gasteiger partial charge in [0, 0.05) is 6.54 Å². The van der Waals surface area contributed by atoms with E-state index in [0.29, 0.717) is 13.1 Å². The molecule has 2 heterocycles. The van der Waals surface area contributed by atoms with Crippen molar-refractivity contribution in [2.75, 3.05) is 19.6 Å². The van der Waals surface area contributed by atoms with Crippen LogP contribution in [0.2, 0.25) is 0 Å². The van der Waals surface area contributed by atoms with Gasteiger partial charge in [0.1, 0.15) is 5.76 Å². The number of amides is 2. The van der Waals surface area contributed by atoms with Gasteiger partial charge in [0.05, 0.1) is 25.4 Å². The maximum Gasteiger partial charge on any atom is 0.237 e. The molecule has 2 rings (SSSR count). The van der Waals surface area contributed by atoms with E-state index < -0.39 is 0 Å². The molecule has 1 fully saturated rings. The molecule has 1 aliphatic heterocycles. The van der Waals surface area contributed by atoms with Gasteiger partial charge < -0.3 is 15.1 Å². The van der Waals surface area contributed by atoms with Crippen LogP contribution in [0.3, 0.4) is 0 Å². The van der Waals surface area contributed by atoms with Crippen molar-refractivity contribution in [3.63, 3.8) is 0 Å². The summed E-state index contributed by atoms with van der Waals surface area (Å²) in [6.45, 7) is 5.38. The van der Waals surface area contributed by atoms with E-state index >= 15 is 0 Å². The van der Waals surface area contributed by atoms with Crippen LogP contribution in [0.25, 0.3) is 0 Å². The maximum absolute atomic E-state index is 12.2. The van der Waals surface area contributed by atoms with Crippen LogP contribution in [0.15, 0.2) is 35.5 Å². The molecule has 6 heteroatoms. The zero-order valence-electron chi connectivity index (χ0n) is 12.0. The Kier molecular flexibility index (Phi) is 5.57. The minimum atomic E-state index is -0.241. The Labute approximate surface area is 124 Å². The summed E-state index contributed by atoms with van der Waals surface area (Å²) >= 11 is 0. The number of rotatable bonds is 7. The van der Waals surface area contributed by atoms with Gasteiger partial charge in [0.25, 0.3) is 0 Å². The van der Waals surface area contributed by atoms with Gasteiger partial charge in [-0.3, -0.25) is 14.5 Å². The van der Waals surface area contributed by atoms with Gasteiger partial charge in [-0.2, -0.15) is 0 Å². The zero-order chi connectivity index (χ0) is 15.1. The van der Waals surface area contributed by atoms with Crippen molar-refractivity contribution >= 4 is 11.8 Å². The monoisotopic (exact) mass is 291 g/mol. The summed E-state index contributed by atoms with van der Waals surface area (Å²) in [6, 6.07) is 3.36. The first-order valence-corrected chi connectivity index (χ1v) is 7.12. The Morgan fingerprint density at radius 1 is 1.48 bits per heavy atom. The predicted octanol–water partition coefficient (Wildman–Crippen LogP) is 0.662. The van der Waals surface area contributed by atoms with Gasteiger partial charge in [-0.25, -0.2) is 0 Å². The lowest BCUT2D eigenvalue weighted by Crippen LogP contribution is -2.46. The highest BCUT2D eigenvalue weighted by atomic mass is 16.3. The summed E-state index contributed by atoms with van der Waals surface area (Å²) in [7, 11) is 0. The number of nitrogens with one attached hydrogen (secondary N) is 2. The van der Waals surface area contributed by atoms with Gasteiger partial charge in [-0.1, -0.05) is 6.08 Å². The second-order valence-corrected chi connectivity index (χ2v) is 5.02. The van der Waals surface area contributed by atoms with E-state index in [-0.39, 0.29) is 24.4 Å². The van der Waals surface area contributed by atoms with Gasteiger partial charge in [0.2, 0.25) is 11.8 Å². The van der Waals surface area contributed by atoms with Crippen molar-refractivity contribution in [1.29, 1.82) is 0 Å². The molecule has 0 radical (unpaired) electrons. The average molecular weight is 291 g/mol. The van der Waals surface area contributed by atoms with Crippen LogP contribution in [0.4, 0.5) is 0 Å². The lowest BCUT2D eigenvalue weighted by molar-refractivity contribution is -0.127. The number of likely N-dealkylation sites (tertiary alicyclic amines) is 1. The minimum Gasteiger partial charge on any atom is -0.467 e. The van der Waals surface area contributed by atoms with Crippen molar-refractivity contribution in [3.8, 4) is 0 Å². The molecule has 1 aromatic rings. The van der Waals surface area contributed by atoms with Crippen molar-refractivity contribution in [2.24, 2.45) is 0 Å². The van der Waals surface area contributed by atoms with Crippen LogP contribution in [0, 0.1) is 0 Å². The van der Waals surface area contributed by atoms with Crippen molar-refractivity contribution in [1.82, 2.24) is 15.5 Å². The molecule has 0 bridgehead atoms. The van der Waals surface area contributed by atoms with Crippen molar-refractivity contribution in [2.45, 2.75) is 25.4 Å². The molecule has 1 atom stereocenters. The molecule has 0 aliphatic carbocycles. The molecule has 2 amide bonds. The zero-order valence-corrected chi connectivity index (χ0v) is 12.0. The second-order valence-electron chi connectivity index (χ2n) is 5.02. The van der Waals surface area contributed by atoms with Gasteiger partial charge in [0.15, 0.2) is 0 Å². The number of furan rings is 1. The van der Waals surface area contributed by atoms with Crippen LogP contribution in [0.1, 0.15) is 18.6 Å². The lowest BCUT2D eigenvalue weighted by atomic mass is 10.2. The average Bonchev–Trinajstić information content (AvgIpc) is 3.14. The van der Waals surface area contributed by atoms with Crippen molar-refractivity contribution in [3.05, 3.63) is 36.8 Å². The van der Waals surface area contributed by atoms with E-state index in [1.807, 2.05) is 11.0 Å². The van der Waals surface area contributed by atoms with E-state index in [1.54, 1.807) is 18.4 Å². The predicted molar refractivity (Wildman–Crippen MR) is 78.4 cm³/mol. The molecule has 1 aromatic heterocycles. The number of hydrogen-bond donors (Lipinski definition) is 2. The Hall–Kier alpha value is -2.08. The third-order valence-corrected chi connectivity index (χ3v) is 3.47. The summed E-state index contributed by atoms with van der Waals surface area (Å²) in [5.74, 6) is 0.581. The van der Waals surface area contributed by atoms with E-state index in [2.05, 4.69) is 17.2 Å². The van der Waals surface area contributed by atoms with Gasteiger partial charge in [-0.15, -0.1) is 6.58 Å². The first kappa shape index (κ1) is 15.3. The number of hydrogen-bond acceptors (Lipinski definition) is 4. The Bertz CT molecular complexity index is 484. The quantitative estimate of drug-likeness (QED) is 0.724. The summed E-state index contributed by atoms with van der Waals surface area (Å²) in [5, 5.41) is 5.58. The highest BCUT2D eigenvalue weighted by Crippen LogP contribution is 2.17. The van der Waals surface area contributed by atoms with Gasteiger partial charge >= 0.3 is 0 Å². The fraction of sp³-hybridized carbons (Fsp3) is 0.467. The molecular weight excluding hydrogens is 270 g/mol. The second kappa shape index (κ2) is 7.64. The third-order valence-electron chi connectivity index (χ3n) is 3.47. The highest BCUT2D eigenvalue weighted by Gasteiger charge is 2.31. The standard InChI is InChI=1S/C15H21N3O3/c1-2-7-16-14(19)11-18-8-3-6-13(18)15(20)17-10-12-5-4-9-21-12/h2,4-5,9,13H,1,3,6-8,10-11H2,(H,16,19)(H,17,20). The Morgan fingerprint density at radius 3 is 3.05 bits per heavy atom. The fourth-order valence-corrected chi connectivity index (χ4v) is 2.44. The number of carbonyl (C=O) groups is 2. The van der Waals surface area contributed by atoms with E-state index in [4.69, 9.17) is 4.42 Å². The van der Waals surface area contributed by atoms with E-state index in [1.165, 1.54) is 0 Å². The SMILES string of the molecule is C=CCNC(=O)CN1CCCC1C(=O)NCc1ccco1. The molecule has 0 spiro atoms. The third kappa shape index (κ3) is 4.46. The molecule has 0 aromatic carbocycles. The first-order chi connectivity index (χ1) is 10.2. The smallest absolute Gasteiger partial charge is 0.237 e. The highest BCUT2D eigenvalue weighted by molar-refractivity contribution is 5.84. The minimum absolute atomic E-state index is 0.0552. The number of nitrogens with zero attached hydrogens (tertiary/aromatic N) is 1. The Morgan fingerprint density at radius 2 is 2.33 bits per heavy atom. The fourth-order valence-electron chi connectivity index (χ4n) is 2.44. The molecule has 1 aliphatic rings. The van der Waals surface area contributed by atoms with Crippen LogP contribution in [0.5, 0.6) is 0 Å². The Balaban J connectivity index is 1.81. The first-order valence-electron chi connectivity index (χ1n) is 7.12. The molecular formula is C15H21N3O3. The molecule has 0 saturated carbocycles. The van der Waals surface area contributed by atoms with E-state index in [0.717, 1.165) is 25.1 Å². The molecule has 1 saturated heterocycles. The molecule has 2 N–H and O–H groups in total. The molecule has 1 unspecified atom stereocenters. The van der Waals surface area contributed by atoms with Gasteiger partial charge in [-0.05, 0) is 31.5 Å². The van der Waals surface area contributed by atoms with E-state index in [9.17, 15) is 9.59 Å². The van der Waals surface area contributed by atoms with Crippen LogP contribution in [-0.2, 0) is 16.1 Å². The summed E-state index contributed by atoms with van der Waals surface area (Å²) in [4.78, 5) is 25.8. The normalized spacial score (nSPS) is 18.4. The van der Waals surface area contributed by atoms with Crippen LogP contribution >= 0.6 is 0 Å². The summed E-state index contributed by atoms with van der Waals surface area (Å²) in [5.41, 5.74) is 0. The summed E-state index contributed by atoms with van der Waals surface area (Å²) in [6.07, 6.45) is 4.91. The summed E-state index contributed by atoms with van der Waals surface area (Å²) < 4.78 is 5.18. The number of carbonyl (C=O) groups excluding carboxylic acids is 2. The molecule has 114 valence electrons. The van der Waals surface area contributed by atoms with Crippen molar-refractivity contribution < 1.29 is 14.0 Å². The maximum atomic E-state index is 12.2. The molecule has 21 heavy (non-hydrogen) atoms. The topological polar surface area (TPSA) is 74.6 Å². The molecule has 6 nitrogen and oxygen atoms in total. The lowest BCUT2D eigenvalue weighted by Gasteiger charge is -2.22.